The van der Waals surface area contributed by atoms with Crippen molar-refractivity contribution in [2.45, 2.75) is 6.54 Å². The number of benzene rings is 2. The summed E-state index contributed by atoms with van der Waals surface area (Å²) in [7, 11) is 3.20. The highest BCUT2D eigenvalue weighted by atomic mass is 16.5. The molecular weight excluding hydrogens is 422 g/mol. The van der Waals surface area contributed by atoms with Crippen molar-refractivity contribution in [3.05, 3.63) is 59.7 Å². The maximum Gasteiger partial charge on any atom is 0.250 e. The van der Waals surface area contributed by atoms with Crippen molar-refractivity contribution in [3.63, 3.8) is 0 Å². The van der Waals surface area contributed by atoms with Crippen molar-refractivity contribution in [2.24, 2.45) is 5.10 Å². The van der Waals surface area contributed by atoms with Gasteiger partial charge in [0.1, 0.15) is 0 Å². The Balaban J connectivity index is 1.51. The van der Waals surface area contributed by atoms with Crippen LogP contribution in [0, 0.1) is 0 Å². The number of hydrogen-bond donors (Lipinski definition) is 2. The predicted molar refractivity (Wildman–Crippen MR) is 127 cm³/mol. The first-order valence-corrected chi connectivity index (χ1v) is 10.6. The van der Waals surface area contributed by atoms with Crippen LogP contribution >= 0.6 is 0 Å². The fraction of sp³-hybridized carbons (Fsp3) is 0.304. The lowest BCUT2D eigenvalue weighted by molar-refractivity contribution is 0.122. The molecule has 0 amide bonds. The second kappa shape index (κ2) is 11.1. The SMILES string of the molecule is COc1ccc(/C=N\Nc2nc(NCc3ccccc3)nc(N3CCOCC3)n2)cc1OC. The fourth-order valence-electron chi connectivity index (χ4n) is 3.27. The average Bonchev–Trinajstić information content (AvgIpc) is 2.88. The Labute approximate surface area is 192 Å². The summed E-state index contributed by atoms with van der Waals surface area (Å²) >= 11 is 0. The van der Waals surface area contributed by atoms with Gasteiger partial charge in [-0.3, -0.25) is 0 Å². The Bertz CT molecular complexity index is 1070. The van der Waals surface area contributed by atoms with E-state index in [1.807, 2.05) is 48.5 Å². The van der Waals surface area contributed by atoms with Crippen LogP contribution in [0.4, 0.5) is 17.8 Å². The van der Waals surface area contributed by atoms with Crippen molar-refractivity contribution in [1.82, 2.24) is 15.0 Å². The van der Waals surface area contributed by atoms with Crippen LogP contribution in [0.1, 0.15) is 11.1 Å². The second-order valence-electron chi connectivity index (χ2n) is 7.21. The number of nitrogens with one attached hydrogen (secondary N) is 2. The molecule has 2 aromatic carbocycles. The van der Waals surface area contributed by atoms with Gasteiger partial charge >= 0.3 is 0 Å². The van der Waals surface area contributed by atoms with E-state index >= 15 is 0 Å². The maximum atomic E-state index is 5.45. The van der Waals surface area contributed by atoms with Gasteiger partial charge in [-0.05, 0) is 29.3 Å². The molecule has 0 radical (unpaired) electrons. The molecular formula is C23H27N7O3. The minimum absolute atomic E-state index is 0.346. The van der Waals surface area contributed by atoms with Crippen molar-refractivity contribution < 1.29 is 14.2 Å². The molecule has 2 heterocycles. The molecule has 10 heteroatoms. The third-order valence-electron chi connectivity index (χ3n) is 5.00. The van der Waals surface area contributed by atoms with Gasteiger partial charge in [0, 0.05) is 19.6 Å². The standard InChI is InChI=1S/C23H27N7O3/c1-31-19-9-8-18(14-20(19)32-2)16-25-29-22-26-21(24-15-17-6-4-3-5-7-17)27-23(28-22)30-10-12-33-13-11-30/h3-9,14,16H,10-13,15H2,1-2H3,(H2,24,26,27,28,29)/b25-16-. The Morgan fingerprint density at radius 1 is 0.970 bits per heavy atom. The van der Waals surface area contributed by atoms with Gasteiger partial charge in [-0.15, -0.1) is 0 Å². The normalized spacial score (nSPS) is 13.7. The van der Waals surface area contributed by atoms with Gasteiger partial charge in [0.05, 0.1) is 33.6 Å². The zero-order valence-corrected chi connectivity index (χ0v) is 18.7. The van der Waals surface area contributed by atoms with Gasteiger partial charge in [-0.1, -0.05) is 30.3 Å². The number of hydrazone groups is 1. The third-order valence-corrected chi connectivity index (χ3v) is 5.00. The Hall–Kier alpha value is -3.92. The van der Waals surface area contributed by atoms with E-state index in [2.05, 4.69) is 35.7 Å². The molecule has 1 fully saturated rings. The number of morpholine rings is 1. The molecule has 0 spiro atoms. The highest BCUT2D eigenvalue weighted by molar-refractivity contribution is 5.81. The molecule has 0 atom stereocenters. The lowest BCUT2D eigenvalue weighted by Crippen LogP contribution is -2.37. The van der Waals surface area contributed by atoms with E-state index in [9.17, 15) is 0 Å². The van der Waals surface area contributed by atoms with Crippen LogP contribution in [-0.2, 0) is 11.3 Å². The average molecular weight is 450 g/mol. The van der Waals surface area contributed by atoms with E-state index in [0.717, 1.165) is 24.2 Å². The predicted octanol–water partition coefficient (Wildman–Crippen LogP) is 2.78. The van der Waals surface area contributed by atoms with Crippen LogP contribution in [0.15, 0.2) is 53.6 Å². The third kappa shape index (κ3) is 6.07. The lowest BCUT2D eigenvalue weighted by Gasteiger charge is -2.27. The first-order valence-electron chi connectivity index (χ1n) is 10.6. The smallest absolute Gasteiger partial charge is 0.250 e. The number of nitrogens with zero attached hydrogens (tertiary/aromatic N) is 5. The van der Waals surface area contributed by atoms with Crippen molar-refractivity contribution in [2.75, 3.05) is 56.2 Å². The summed E-state index contributed by atoms with van der Waals surface area (Å²) in [6, 6.07) is 15.6. The number of methoxy groups -OCH3 is 2. The molecule has 3 aromatic rings. The summed E-state index contributed by atoms with van der Waals surface area (Å²) in [5, 5.41) is 7.57. The molecule has 1 aromatic heterocycles. The van der Waals surface area contributed by atoms with Crippen LogP contribution in [0.25, 0.3) is 0 Å². The van der Waals surface area contributed by atoms with Crippen molar-refractivity contribution >= 4 is 24.1 Å². The maximum absolute atomic E-state index is 5.45. The van der Waals surface area contributed by atoms with Gasteiger partial charge < -0.3 is 24.4 Å². The van der Waals surface area contributed by atoms with Gasteiger partial charge in [0.25, 0.3) is 0 Å². The zero-order chi connectivity index (χ0) is 22.9. The zero-order valence-electron chi connectivity index (χ0n) is 18.7. The molecule has 0 unspecified atom stereocenters. The lowest BCUT2D eigenvalue weighted by atomic mass is 10.2. The minimum Gasteiger partial charge on any atom is -0.493 e. The van der Waals surface area contributed by atoms with Crippen LogP contribution in [0.3, 0.4) is 0 Å². The highest BCUT2D eigenvalue weighted by Crippen LogP contribution is 2.26. The Morgan fingerprint density at radius 2 is 1.73 bits per heavy atom. The number of rotatable bonds is 9. The van der Waals surface area contributed by atoms with Gasteiger partial charge in [-0.2, -0.15) is 20.1 Å². The number of aromatic nitrogens is 3. The van der Waals surface area contributed by atoms with Crippen LogP contribution in [0.2, 0.25) is 0 Å². The van der Waals surface area contributed by atoms with Crippen LogP contribution in [-0.4, -0.2) is 61.7 Å². The molecule has 33 heavy (non-hydrogen) atoms. The Kier molecular flexibility index (Phi) is 7.49. The quantitative estimate of drug-likeness (QED) is 0.377. The van der Waals surface area contributed by atoms with Crippen molar-refractivity contribution in [1.29, 1.82) is 0 Å². The molecule has 1 aliphatic heterocycles. The number of anilines is 3. The van der Waals surface area contributed by atoms with Crippen LogP contribution in [0.5, 0.6) is 11.5 Å². The molecule has 0 saturated carbocycles. The summed E-state index contributed by atoms with van der Waals surface area (Å²) in [5.74, 6) is 2.68. The molecule has 0 aliphatic carbocycles. The molecule has 1 saturated heterocycles. The first kappa shape index (κ1) is 22.3. The first-order chi connectivity index (χ1) is 16.2. The van der Waals surface area contributed by atoms with E-state index in [1.165, 1.54) is 0 Å². The fourth-order valence-corrected chi connectivity index (χ4v) is 3.27. The minimum atomic E-state index is 0.346. The molecule has 0 bridgehead atoms. The molecule has 4 rings (SSSR count). The van der Waals surface area contributed by atoms with Crippen molar-refractivity contribution in [3.8, 4) is 11.5 Å². The summed E-state index contributed by atoms with van der Waals surface area (Å²) < 4.78 is 16.1. The summed E-state index contributed by atoms with van der Waals surface area (Å²) in [6.07, 6.45) is 1.66. The van der Waals surface area contributed by atoms with E-state index in [4.69, 9.17) is 14.2 Å². The number of ether oxygens (including phenoxy) is 3. The molecule has 10 nitrogen and oxygen atoms in total. The summed E-state index contributed by atoms with van der Waals surface area (Å²) in [5.41, 5.74) is 4.88. The van der Waals surface area contributed by atoms with Crippen LogP contribution < -0.4 is 25.1 Å². The monoisotopic (exact) mass is 449 g/mol. The van der Waals surface area contributed by atoms with E-state index in [1.54, 1.807) is 20.4 Å². The van der Waals surface area contributed by atoms with E-state index in [0.29, 0.717) is 49.1 Å². The highest BCUT2D eigenvalue weighted by Gasteiger charge is 2.16. The summed E-state index contributed by atoms with van der Waals surface area (Å²) in [4.78, 5) is 15.7. The molecule has 1 aliphatic rings. The van der Waals surface area contributed by atoms with E-state index in [-0.39, 0.29) is 0 Å². The topological polar surface area (TPSA) is 106 Å². The second-order valence-corrected chi connectivity index (χ2v) is 7.21. The summed E-state index contributed by atoms with van der Waals surface area (Å²) in [6.45, 7) is 3.31. The van der Waals surface area contributed by atoms with Gasteiger partial charge in [0.2, 0.25) is 17.8 Å². The van der Waals surface area contributed by atoms with Gasteiger partial charge in [0.15, 0.2) is 11.5 Å². The molecule has 172 valence electrons. The van der Waals surface area contributed by atoms with E-state index < -0.39 is 0 Å². The Morgan fingerprint density at radius 3 is 2.48 bits per heavy atom. The largest absolute Gasteiger partial charge is 0.493 e. The van der Waals surface area contributed by atoms with Gasteiger partial charge in [-0.25, -0.2) is 5.43 Å². The molecule has 2 N–H and O–H groups in total. The number of hydrogen-bond acceptors (Lipinski definition) is 10.